The molecule has 0 aliphatic carbocycles. The van der Waals surface area contributed by atoms with Gasteiger partial charge in [-0.3, -0.25) is 4.79 Å². The van der Waals surface area contributed by atoms with Crippen molar-refractivity contribution in [3.05, 3.63) is 23.8 Å². The standard InChI is InChI=1S/C15H25N3OS/c1-18(2)15(19)12-7-8-13(16)14(11-12)17-9-5-4-6-10-20-3/h7-8,11,17H,4-6,9-10,16H2,1-3H3. The fourth-order valence-electron chi connectivity index (χ4n) is 1.87. The second-order valence-corrected chi connectivity index (χ2v) is 5.97. The molecule has 0 saturated heterocycles. The number of carbonyl (C=O) groups is 1. The lowest BCUT2D eigenvalue weighted by molar-refractivity contribution is 0.0827. The second kappa shape index (κ2) is 8.74. The molecule has 0 aliphatic rings. The van der Waals surface area contributed by atoms with Crippen molar-refractivity contribution in [3.8, 4) is 0 Å². The zero-order chi connectivity index (χ0) is 15.0. The van der Waals surface area contributed by atoms with E-state index in [0.717, 1.165) is 18.7 Å². The Hall–Kier alpha value is -1.36. The van der Waals surface area contributed by atoms with Gasteiger partial charge in [-0.25, -0.2) is 0 Å². The third kappa shape index (κ3) is 5.33. The number of nitrogens with two attached hydrogens (primary N) is 1. The number of thioether (sulfide) groups is 1. The van der Waals surface area contributed by atoms with Crippen LogP contribution < -0.4 is 11.1 Å². The molecular formula is C15H25N3OS. The summed E-state index contributed by atoms with van der Waals surface area (Å²) in [7, 11) is 3.50. The maximum absolute atomic E-state index is 11.9. The first-order valence-electron chi connectivity index (χ1n) is 6.90. The quantitative estimate of drug-likeness (QED) is 0.572. The van der Waals surface area contributed by atoms with E-state index >= 15 is 0 Å². The maximum Gasteiger partial charge on any atom is 0.253 e. The van der Waals surface area contributed by atoms with Crippen LogP contribution in [0.3, 0.4) is 0 Å². The van der Waals surface area contributed by atoms with Gasteiger partial charge in [0.15, 0.2) is 0 Å². The number of carbonyl (C=O) groups excluding carboxylic acids is 1. The van der Waals surface area contributed by atoms with Crippen LogP contribution in [-0.2, 0) is 0 Å². The first kappa shape index (κ1) is 16.7. The summed E-state index contributed by atoms with van der Waals surface area (Å²) in [6.45, 7) is 0.887. The van der Waals surface area contributed by atoms with E-state index < -0.39 is 0 Å². The second-order valence-electron chi connectivity index (χ2n) is 4.98. The van der Waals surface area contributed by atoms with Gasteiger partial charge in [-0.15, -0.1) is 0 Å². The van der Waals surface area contributed by atoms with Crippen LogP contribution in [0.4, 0.5) is 11.4 Å². The number of unbranched alkanes of at least 4 members (excludes halogenated alkanes) is 2. The molecule has 0 bridgehead atoms. The molecule has 5 heteroatoms. The Morgan fingerprint density at radius 1 is 1.30 bits per heavy atom. The molecule has 0 saturated carbocycles. The van der Waals surface area contributed by atoms with Crippen LogP contribution in [0.2, 0.25) is 0 Å². The van der Waals surface area contributed by atoms with Crippen molar-refractivity contribution in [1.82, 2.24) is 4.90 Å². The van der Waals surface area contributed by atoms with Gasteiger partial charge in [0.1, 0.15) is 0 Å². The van der Waals surface area contributed by atoms with Crippen molar-refractivity contribution in [1.29, 1.82) is 0 Å². The molecule has 1 rings (SSSR count). The van der Waals surface area contributed by atoms with Gasteiger partial charge in [-0.2, -0.15) is 11.8 Å². The lowest BCUT2D eigenvalue weighted by Gasteiger charge is -2.14. The Balaban J connectivity index is 2.52. The zero-order valence-corrected chi connectivity index (χ0v) is 13.4. The average Bonchev–Trinajstić information content (AvgIpc) is 2.43. The van der Waals surface area contributed by atoms with Gasteiger partial charge in [-0.05, 0) is 43.0 Å². The van der Waals surface area contributed by atoms with Crippen LogP contribution >= 0.6 is 11.8 Å². The summed E-state index contributed by atoms with van der Waals surface area (Å²) in [4.78, 5) is 13.5. The van der Waals surface area contributed by atoms with E-state index in [9.17, 15) is 4.79 Å². The number of nitrogens with one attached hydrogen (secondary N) is 1. The minimum absolute atomic E-state index is 0.00646. The molecule has 20 heavy (non-hydrogen) atoms. The average molecular weight is 295 g/mol. The van der Waals surface area contributed by atoms with Crippen LogP contribution in [0, 0.1) is 0 Å². The van der Waals surface area contributed by atoms with Gasteiger partial charge < -0.3 is 16.0 Å². The topological polar surface area (TPSA) is 58.4 Å². The first-order chi connectivity index (χ1) is 9.56. The van der Waals surface area contributed by atoms with Crippen molar-refractivity contribution >= 4 is 29.0 Å². The summed E-state index contributed by atoms with van der Waals surface area (Å²) < 4.78 is 0. The summed E-state index contributed by atoms with van der Waals surface area (Å²) in [6.07, 6.45) is 5.71. The molecule has 0 spiro atoms. The van der Waals surface area contributed by atoms with Crippen molar-refractivity contribution in [3.63, 3.8) is 0 Å². The summed E-state index contributed by atoms with van der Waals surface area (Å²) in [5.74, 6) is 1.21. The Kier molecular flexibility index (Phi) is 7.30. The first-order valence-corrected chi connectivity index (χ1v) is 8.29. The number of amides is 1. The van der Waals surface area contributed by atoms with Gasteiger partial charge in [0.05, 0.1) is 11.4 Å². The lowest BCUT2D eigenvalue weighted by atomic mass is 10.1. The predicted octanol–water partition coefficient (Wildman–Crippen LogP) is 2.92. The molecule has 0 unspecified atom stereocenters. The Morgan fingerprint density at radius 2 is 2.05 bits per heavy atom. The van der Waals surface area contributed by atoms with Gasteiger partial charge in [0.25, 0.3) is 5.91 Å². The molecule has 1 aromatic rings. The molecule has 112 valence electrons. The third-order valence-electron chi connectivity index (χ3n) is 3.05. The van der Waals surface area contributed by atoms with Gasteiger partial charge in [-0.1, -0.05) is 6.42 Å². The summed E-state index contributed by atoms with van der Waals surface area (Å²) in [6, 6.07) is 5.38. The highest BCUT2D eigenvalue weighted by molar-refractivity contribution is 7.98. The maximum atomic E-state index is 11.9. The van der Waals surface area contributed by atoms with Gasteiger partial charge in [0, 0.05) is 26.2 Å². The molecule has 0 atom stereocenters. The van der Waals surface area contributed by atoms with E-state index in [1.54, 1.807) is 31.1 Å². The van der Waals surface area contributed by atoms with E-state index in [4.69, 9.17) is 5.73 Å². The minimum Gasteiger partial charge on any atom is -0.397 e. The molecular weight excluding hydrogens is 270 g/mol. The highest BCUT2D eigenvalue weighted by atomic mass is 32.2. The number of rotatable bonds is 8. The summed E-state index contributed by atoms with van der Waals surface area (Å²) in [5.41, 5.74) is 8.13. The minimum atomic E-state index is -0.00646. The Morgan fingerprint density at radius 3 is 2.70 bits per heavy atom. The monoisotopic (exact) mass is 295 g/mol. The molecule has 0 radical (unpaired) electrons. The summed E-state index contributed by atoms with van der Waals surface area (Å²) in [5, 5.41) is 3.32. The molecule has 0 heterocycles. The molecule has 0 aliphatic heterocycles. The lowest BCUT2D eigenvalue weighted by Crippen LogP contribution is -2.21. The van der Waals surface area contributed by atoms with E-state index in [0.29, 0.717) is 11.3 Å². The van der Waals surface area contributed by atoms with Crippen LogP contribution in [0.15, 0.2) is 18.2 Å². The largest absolute Gasteiger partial charge is 0.397 e. The van der Waals surface area contributed by atoms with Gasteiger partial charge in [0.2, 0.25) is 0 Å². The van der Waals surface area contributed by atoms with E-state index in [-0.39, 0.29) is 5.91 Å². The number of benzene rings is 1. The molecule has 4 nitrogen and oxygen atoms in total. The fourth-order valence-corrected chi connectivity index (χ4v) is 2.36. The van der Waals surface area contributed by atoms with Crippen LogP contribution in [0.5, 0.6) is 0 Å². The highest BCUT2D eigenvalue weighted by Crippen LogP contribution is 2.21. The van der Waals surface area contributed by atoms with Gasteiger partial charge >= 0.3 is 0 Å². The van der Waals surface area contributed by atoms with Crippen LogP contribution in [-0.4, -0.2) is 43.5 Å². The number of nitrogens with zero attached hydrogens (tertiary/aromatic N) is 1. The number of nitrogen functional groups attached to an aromatic ring is 1. The van der Waals surface area contributed by atoms with E-state index in [1.807, 2.05) is 17.8 Å². The molecule has 3 N–H and O–H groups in total. The number of hydrogen-bond acceptors (Lipinski definition) is 4. The van der Waals surface area contributed by atoms with E-state index in [1.165, 1.54) is 18.6 Å². The molecule has 1 aromatic carbocycles. The normalized spacial score (nSPS) is 10.3. The zero-order valence-electron chi connectivity index (χ0n) is 12.6. The number of anilines is 2. The number of hydrogen-bond donors (Lipinski definition) is 2. The Bertz CT molecular complexity index is 435. The van der Waals surface area contributed by atoms with Crippen molar-refractivity contribution < 1.29 is 4.79 Å². The van der Waals surface area contributed by atoms with Crippen molar-refractivity contribution in [2.75, 3.05) is 43.7 Å². The van der Waals surface area contributed by atoms with Crippen molar-refractivity contribution in [2.45, 2.75) is 19.3 Å². The van der Waals surface area contributed by atoms with Crippen LogP contribution in [0.1, 0.15) is 29.6 Å². The SMILES string of the molecule is CSCCCCCNc1cc(C(=O)N(C)C)ccc1N. The van der Waals surface area contributed by atoms with Crippen LogP contribution in [0.25, 0.3) is 0 Å². The fraction of sp³-hybridized carbons (Fsp3) is 0.533. The summed E-state index contributed by atoms with van der Waals surface area (Å²) >= 11 is 1.88. The predicted molar refractivity (Wildman–Crippen MR) is 89.6 cm³/mol. The molecule has 0 aromatic heterocycles. The third-order valence-corrected chi connectivity index (χ3v) is 3.74. The molecule has 0 fully saturated rings. The molecule has 1 amide bonds. The highest BCUT2D eigenvalue weighted by Gasteiger charge is 2.09. The Labute approximate surface area is 126 Å². The smallest absolute Gasteiger partial charge is 0.253 e. The van der Waals surface area contributed by atoms with E-state index in [2.05, 4.69) is 11.6 Å². The van der Waals surface area contributed by atoms with Crippen molar-refractivity contribution in [2.24, 2.45) is 0 Å².